The number of rotatable bonds is 7. The Morgan fingerprint density at radius 3 is 2.63 bits per heavy atom. The highest BCUT2D eigenvalue weighted by atomic mass is 16.5. The van der Waals surface area contributed by atoms with Crippen LogP contribution in [0.4, 0.5) is 0 Å². The first-order valence-electron chi connectivity index (χ1n) is 6.69. The van der Waals surface area contributed by atoms with E-state index in [1.165, 1.54) is 5.57 Å². The molecule has 1 N–H and O–H groups in total. The first kappa shape index (κ1) is 15.7. The fourth-order valence-corrected chi connectivity index (χ4v) is 2.33. The first-order valence-corrected chi connectivity index (χ1v) is 6.69. The van der Waals surface area contributed by atoms with Gasteiger partial charge >= 0.3 is 0 Å². The van der Waals surface area contributed by atoms with Crippen LogP contribution in [-0.4, -0.2) is 44.4 Å². The summed E-state index contributed by atoms with van der Waals surface area (Å²) in [5.41, 5.74) is 2.35. The summed E-state index contributed by atoms with van der Waals surface area (Å²) >= 11 is 0. The van der Waals surface area contributed by atoms with Crippen molar-refractivity contribution >= 4 is 5.57 Å². The minimum atomic E-state index is 0.174. The highest BCUT2D eigenvalue weighted by Crippen LogP contribution is 2.31. The van der Waals surface area contributed by atoms with Crippen LogP contribution >= 0.6 is 0 Å². The Labute approximate surface area is 116 Å². The van der Waals surface area contributed by atoms with E-state index >= 15 is 0 Å². The van der Waals surface area contributed by atoms with Gasteiger partial charge in [-0.1, -0.05) is 31.2 Å². The molecule has 1 aromatic carbocycles. The molecule has 1 atom stereocenters. The maximum atomic E-state index is 9.07. The van der Waals surface area contributed by atoms with Gasteiger partial charge in [-0.25, -0.2) is 0 Å². The van der Waals surface area contributed by atoms with Crippen LogP contribution in [-0.2, 0) is 0 Å². The summed E-state index contributed by atoms with van der Waals surface area (Å²) in [6.45, 7) is 3.35. The minimum absolute atomic E-state index is 0.174. The number of aliphatic hydroxyl groups is 1. The van der Waals surface area contributed by atoms with Crippen LogP contribution in [0.3, 0.4) is 0 Å². The van der Waals surface area contributed by atoms with E-state index in [4.69, 9.17) is 9.84 Å². The van der Waals surface area contributed by atoms with E-state index < -0.39 is 0 Å². The van der Waals surface area contributed by atoms with Gasteiger partial charge in [0.15, 0.2) is 0 Å². The molecule has 106 valence electrons. The lowest BCUT2D eigenvalue weighted by Gasteiger charge is -2.22. The Morgan fingerprint density at radius 2 is 2.05 bits per heavy atom. The van der Waals surface area contributed by atoms with Crippen molar-refractivity contribution in [2.24, 2.45) is 5.92 Å². The van der Waals surface area contributed by atoms with Crippen LogP contribution in [0.5, 0.6) is 5.75 Å². The molecule has 0 aromatic heterocycles. The largest absolute Gasteiger partial charge is 0.496 e. The van der Waals surface area contributed by atoms with Crippen molar-refractivity contribution in [2.75, 3.05) is 34.4 Å². The molecule has 0 radical (unpaired) electrons. The number of nitrogens with zero attached hydrogens (tertiary/aromatic N) is 1. The highest BCUT2D eigenvalue weighted by molar-refractivity contribution is 5.72. The van der Waals surface area contributed by atoms with E-state index in [0.29, 0.717) is 12.3 Å². The van der Waals surface area contributed by atoms with E-state index in [1.54, 1.807) is 7.11 Å². The summed E-state index contributed by atoms with van der Waals surface area (Å²) < 4.78 is 5.44. The summed E-state index contributed by atoms with van der Waals surface area (Å²) in [7, 11) is 5.84. The molecule has 0 aliphatic carbocycles. The smallest absolute Gasteiger partial charge is 0.126 e. The van der Waals surface area contributed by atoms with Gasteiger partial charge in [0.2, 0.25) is 0 Å². The zero-order chi connectivity index (χ0) is 14.3. The number of benzene rings is 1. The molecule has 1 rings (SSSR count). The SMILES string of the molecule is COc1ccccc1C(=CCCO)C(C)CN(C)C. The summed E-state index contributed by atoms with van der Waals surface area (Å²) in [4.78, 5) is 2.17. The summed E-state index contributed by atoms with van der Waals surface area (Å²) in [6.07, 6.45) is 2.79. The molecular formula is C16H25NO2. The molecule has 0 saturated heterocycles. The molecular weight excluding hydrogens is 238 g/mol. The molecule has 3 nitrogen and oxygen atoms in total. The van der Waals surface area contributed by atoms with Gasteiger partial charge in [-0.2, -0.15) is 0 Å². The molecule has 19 heavy (non-hydrogen) atoms. The molecule has 1 aromatic rings. The molecule has 0 saturated carbocycles. The van der Waals surface area contributed by atoms with Gasteiger partial charge in [0.05, 0.1) is 7.11 Å². The van der Waals surface area contributed by atoms with Crippen molar-refractivity contribution in [3.05, 3.63) is 35.9 Å². The van der Waals surface area contributed by atoms with Gasteiger partial charge in [0, 0.05) is 18.7 Å². The lowest BCUT2D eigenvalue weighted by molar-refractivity contribution is 0.302. The van der Waals surface area contributed by atoms with Crippen LogP contribution in [0, 0.1) is 5.92 Å². The lowest BCUT2D eigenvalue weighted by atomic mass is 9.92. The van der Waals surface area contributed by atoms with Gasteiger partial charge in [0.1, 0.15) is 5.75 Å². The first-order chi connectivity index (χ1) is 9.10. The third kappa shape index (κ3) is 4.69. The van der Waals surface area contributed by atoms with E-state index in [9.17, 15) is 0 Å². The average Bonchev–Trinajstić information content (AvgIpc) is 2.39. The van der Waals surface area contributed by atoms with Gasteiger partial charge in [-0.15, -0.1) is 0 Å². The fraction of sp³-hybridized carbons (Fsp3) is 0.500. The van der Waals surface area contributed by atoms with Crippen LogP contribution in [0.15, 0.2) is 30.3 Å². The zero-order valence-electron chi connectivity index (χ0n) is 12.4. The zero-order valence-corrected chi connectivity index (χ0v) is 12.4. The maximum absolute atomic E-state index is 9.07. The molecule has 0 aliphatic rings. The normalized spacial score (nSPS) is 13.7. The summed E-state index contributed by atoms with van der Waals surface area (Å²) in [5, 5.41) is 9.07. The Balaban J connectivity index is 3.09. The van der Waals surface area contributed by atoms with Gasteiger partial charge in [-0.3, -0.25) is 0 Å². The topological polar surface area (TPSA) is 32.7 Å². The van der Waals surface area contributed by atoms with E-state index in [-0.39, 0.29) is 6.61 Å². The van der Waals surface area contributed by atoms with Gasteiger partial charge in [0.25, 0.3) is 0 Å². The summed E-state index contributed by atoms with van der Waals surface area (Å²) in [5.74, 6) is 1.27. The van der Waals surface area contributed by atoms with Crippen molar-refractivity contribution in [3.63, 3.8) is 0 Å². The second kappa shape index (κ2) is 7.97. The van der Waals surface area contributed by atoms with E-state index in [0.717, 1.165) is 17.9 Å². The molecule has 0 spiro atoms. The highest BCUT2D eigenvalue weighted by Gasteiger charge is 2.15. The van der Waals surface area contributed by atoms with Crippen LogP contribution in [0.1, 0.15) is 18.9 Å². The third-order valence-electron chi connectivity index (χ3n) is 3.08. The van der Waals surface area contributed by atoms with Crippen molar-refractivity contribution in [1.29, 1.82) is 0 Å². The number of aliphatic hydroxyl groups excluding tert-OH is 1. The van der Waals surface area contributed by atoms with Crippen molar-refractivity contribution in [3.8, 4) is 5.75 Å². The van der Waals surface area contributed by atoms with Crippen molar-refractivity contribution in [2.45, 2.75) is 13.3 Å². The minimum Gasteiger partial charge on any atom is -0.496 e. The Morgan fingerprint density at radius 1 is 1.37 bits per heavy atom. The quantitative estimate of drug-likeness (QED) is 0.821. The standard InChI is InChI=1S/C16H25NO2/c1-13(12-17(2)3)14(9-7-11-18)15-8-5-6-10-16(15)19-4/h5-6,8-10,13,18H,7,11-12H2,1-4H3. The van der Waals surface area contributed by atoms with Gasteiger partial charge in [-0.05, 0) is 38.1 Å². The monoisotopic (exact) mass is 263 g/mol. The van der Waals surface area contributed by atoms with Crippen molar-refractivity contribution in [1.82, 2.24) is 4.90 Å². The average molecular weight is 263 g/mol. The predicted octanol–water partition coefficient (Wildman–Crippen LogP) is 2.66. The number of methoxy groups -OCH3 is 1. The summed E-state index contributed by atoms with van der Waals surface area (Å²) in [6, 6.07) is 8.05. The van der Waals surface area contributed by atoms with Crippen molar-refractivity contribution < 1.29 is 9.84 Å². The Hall–Kier alpha value is -1.32. The molecule has 0 bridgehead atoms. The number of hydrogen-bond donors (Lipinski definition) is 1. The van der Waals surface area contributed by atoms with Gasteiger partial charge < -0.3 is 14.7 Å². The Bertz CT molecular complexity index is 413. The second-order valence-corrected chi connectivity index (χ2v) is 5.04. The van der Waals surface area contributed by atoms with Crippen LogP contribution < -0.4 is 4.74 Å². The lowest BCUT2D eigenvalue weighted by Crippen LogP contribution is -2.21. The van der Waals surface area contributed by atoms with E-state index in [1.807, 2.05) is 18.2 Å². The third-order valence-corrected chi connectivity index (χ3v) is 3.08. The second-order valence-electron chi connectivity index (χ2n) is 5.04. The predicted molar refractivity (Wildman–Crippen MR) is 80.4 cm³/mol. The number of hydrogen-bond acceptors (Lipinski definition) is 3. The van der Waals surface area contributed by atoms with Crippen LogP contribution in [0.25, 0.3) is 5.57 Å². The van der Waals surface area contributed by atoms with Crippen LogP contribution in [0.2, 0.25) is 0 Å². The fourth-order valence-electron chi connectivity index (χ4n) is 2.33. The molecule has 3 heteroatoms. The molecule has 0 heterocycles. The number of para-hydroxylation sites is 1. The molecule has 1 unspecified atom stereocenters. The molecule has 0 aliphatic heterocycles. The maximum Gasteiger partial charge on any atom is 0.126 e. The molecule has 0 fully saturated rings. The molecule has 0 amide bonds. The Kier molecular flexibility index (Phi) is 6.60. The number of ether oxygens (including phenoxy) is 1. The van der Waals surface area contributed by atoms with E-state index in [2.05, 4.69) is 38.1 Å².